The summed E-state index contributed by atoms with van der Waals surface area (Å²) >= 11 is 1.53. The second-order valence-corrected chi connectivity index (χ2v) is 10.6. The summed E-state index contributed by atoms with van der Waals surface area (Å²) < 4.78 is 21.3. The number of aliphatic hydroxyl groups is 2. The van der Waals surface area contributed by atoms with Gasteiger partial charge in [0.1, 0.15) is 18.0 Å². The van der Waals surface area contributed by atoms with Gasteiger partial charge in [0.05, 0.1) is 18.8 Å². The van der Waals surface area contributed by atoms with Crippen LogP contribution >= 0.6 is 11.8 Å². The first-order valence-electron chi connectivity index (χ1n) is 12.4. The molecule has 2 aliphatic rings. The van der Waals surface area contributed by atoms with E-state index in [-0.39, 0.29) is 17.8 Å². The Morgan fingerprint density at radius 2 is 2.08 bits per heavy atom. The summed E-state index contributed by atoms with van der Waals surface area (Å²) in [5.74, 6) is 1.39. The summed E-state index contributed by atoms with van der Waals surface area (Å²) in [6.07, 6.45) is -0.522. The van der Waals surface area contributed by atoms with Crippen LogP contribution in [-0.2, 0) is 4.74 Å². The maximum atomic E-state index is 14.1. The van der Waals surface area contributed by atoms with Crippen LogP contribution in [-0.4, -0.2) is 78.4 Å². The number of nitrogens with one attached hydrogen (secondary N) is 1. The number of hydrogen-bond donors (Lipinski definition) is 4. The number of thioether (sulfide) groups is 1. The normalized spacial score (nSPS) is 27.6. The molecule has 5 N–H and O–H groups in total. The van der Waals surface area contributed by atoms with Gasteiger partial charge in [-0.15, -0.1) is 5.10 Å². The Balaban J connectivity index is 1.43. The van der Waals surface area contributed by atoms with E-state index in [2.05, 4.69) is 22.6 Å². The number of fused-ring (bicyclic) bond motifs is 1. The topological polar surface area (TPSA) is 144 Å². The molecule has 0 amide bonds. The fourth-order valence-electron chi connectivity index (χ4n) is 4.73. The lowest BCUT2D eigenvalue weighted by molar-refractivity contribution is -0.0546. The second kappa shape index (κ2) is 10.5. The number of aliphatic hydroxyl groups excluding tert-OH is 2. The molecule has 36 heavy (non-hydrogen) atoms. The molecule has 5 rings (SSSR count). The van der Waals surface area contributed by atoms with Crippen LogP contribution in [0.15, 0.2) is 23.4 Å². The van der Waals surface area contributed by atoms with Gasteiger partial charge in [-0.1, -0.05) is 36.0 Å². The number of aryl methyl sites for hydroxylation is 1. The van der Waals surface area contributed by atoms with Crippen molar-refractivity contribution < 1.29 is 19.3 Å². The highest BCUT2D eigenvalue weighted by atomic mass is 32.2. The molecule has 10 nitrogen and oxygen atoms in total. The van der Waals surface area contributed by atoms with Crippen LogP contribution in [0.5, 0.6) is 0 Å². The fraction of sp³-hybridized carbons (Fsp3) is 0.583. The molecule has 0 bridgehead atoms. The van der Waals surface area contributed by atoms with Gasteiger partial charge in [0, 0.05) is 30.7 Å². The van der Waals surface area contributed by atoms with Crippen LogP contribution in [0.2, 0.25) is 0 Å². The molecule has 2 fully saturated rings. The van der Waals surface area contributed by atoms with E-state index in [1.807, 2.05) is 6.07 Å². The lowest BCUT2D eigenvalue weighted by Crippen LogP contribution is -2.33. The Bertz CT molecular complexity index is 1230. The largest absolute Gasteiger partial charge is 0.388 e. The van der Waals surface area contributed by atoms with Gasteiger partial charge in [0.2, 0.25) is 0 Å². The number of halogens is 1. The molecule has 1 aromatic carbocycles. The number of ether oxygens (including phenoxy) is 1. The predicted octanol–water partition coefficient (Wildman–Crippen LogP) is 2.15. The molecular weight excluding hydrogens is 485 g/mol. The third kappa shape index (κ3) is 4.92. The van der Waals surface area contributed by atoms with Gasteiger partial charge in [-0.25, -0.2) is 19.0 Å². The predicted molar refractivity (Wildman–Crippen MR) is 135 cm³/mol. The van der Waals surface area contributed by atoms with Crippen molar-refractivity contribution in [3.63, 3.8) is 0 Å². The SMILES string of the molecule is CCCSc1nc(N[C@@H]2C[C@H]2c2ccc(C)c(F)c2)c2nnn([C@@H]3C[C@H](OCCN)[C@@H](O)[C@H]3O)c2n1. The van der Waals surface area contributed by atoms with Gasteiger partial charge < -0.3 is 26.0 Å². The number of aromatic nitrogens is 5. The highest BCUT2D eigenvalue weighted by Gasteiger charge is 2.45. The number of nitrogens with zero attached hydrogens (tertiary/aromatic N) is 5. The highest BCUT2D eigenvalue weighted by Crippen LogP contribution is 2.44. The van der Waals surface area contributed by atoms with Crippen molar-refractivity contribution in [1.82, 2.24) is 25.0 Å². The van der Waals surface area contributed by atoms with E-state index in [1.165, 1.54) is 11.8 Å². The Hall–Kier alpha value is -2.38. The average Bonchev–Trinajstić information content (AvgIpc) is 3.41. The average molecular weight is 518 g/mol. The summed E-state index contributed by atoms with van der Waals surface area (Å²) in [5.41, 5.74) is 8.09. The number of hydrogen-bond acceptors (Lipinski definition) is 10. The van der Waals surface area contributed by atoms with E-state index in [0.717, 1.165) is 24.2 Å². The third-order valence-electron chi connectivity index (χ3n) is 6.84. The molecule has 2 aliphatic carbocycles. The minimum absolute atomic E-state index is 0.0901. The first-order valence-corrected chi connectivity index (χ1v) is 13.4. The van der Waals surface area contributed by atoms with Crippen molar-refractivity contribution in [1.29, 1.82) is 0 Å². The van der Waals surface area contributed by atoms with Crippen LogP contribution in [0.1, 0.15) is 49.3 Å². The molecule has 0 radical (unpaired) electrons. The van der Waals surface area contributed by atoms with E-state index in [9.17, 15) is 14.6 Å². The fourth-order valence-corrected chi connectivity index (χ4v) is 5.42. The lowest BCUT2D eigenvalue weighted by atomic mass is 10.1. The monoisotopic (exact) mass is 517 g/mol. The quantitative estimate of drug-likeness (QED) is 0.233. The molecule has 0 saturated heterocycles. The van der Waals surface area contributed by atoms with Crippen molar-refractivity contribution in [2.45, 2.75) is 74.6 Å². The minimum atomic E-state index is -1.08. The van der Waals surface area contributed by atoms with Gasteiger partial charge in [-0.3, -0.25) is 0 Å². The van der Waals surface area contributed by atoms with Crippen LogP contribution < -0.4 is 11.1 Å². The van der Waals surface area contributed by atoms with Gasteiger partial charge in [-0.05, 0) is 37.0 Å². The van der Waals surface area contributed by atoms with Crippen molar-refractivity contribution in [2.24, 2.45) is 5.73 Å². The summed E-state index contributed by atoms with van der Waals surface area (Å²) in [7, 11) is 0. The highest BCUT2D eigenvalue weighted by molar-refractivity contribution is 7.99. The van der Waals surface area contributed by atoms with Crippen molar-refractivity contribution in [2.75, 3.05) is 24.2 Å². The van der Waals surface area contributed by atoms with E-state index < -0.39 is 24.4 Å². The second-order valence-electron chi connectivity index (χ2n) is 9.49. The van der Waals surface area contributed by atoms with Crippen LogP contribution in [0.3, 0.4) is 0 Å². The maximum absolute atomic E-state index is 14.1. The van der Waals surface area contributed by atoms with Crippen molar-refractivity contribution >= 4 is 28.7 Å². The Labute approximate surface area is 212 Å². The lowest BCUT2D eigenvalue weighted by Gasteiger charge is -2.17. The minimum Gasteiger partial charge on any atom is -0.388 e. The molecule has 2 aromatic heterocycles. The zero-order valence-electron chi connectivity index (χ0n) is 20.3. The molecule has 0 unspecified atom stereocenters. The smallest absolute Gasteiger partial charge is 0.191 e. The first-order chi connectivity index (χ1) is 17.4. The van der Waals surface area contributed by atoms with Crippen molar-refractivity contribution in [3.05, 3.63) is 35.1 Å². The van der Waals surface area contributed by atoms with Gasteiger partial charge in [-0.2, -0.15) is 0 Å². The van der Waals surface area contributed by atoms with E-state index in [1.54, 1.807) is 23.7 Å². The van der Waals surface area contributed by atoms with Crippen LogP contribution in [0, 0.1) is 12.7 Å². The molecule has 2 heterocycles. The Morgan fingerprint density at radius 1 is 1.25 bits per heavy atom. The Morgan fingerprint density at radius 3 is 2.83 bits per heavy atom. The van der Waals surface area contributed by atoms with E-state index in [4.69, 9.17) is 20.4 Å². The number of benzene rings is 1. The molecule has 0 aliphatic heterocycles. The Kier molecular flexibility index (Phi) is 7.40. The molecular formula is C24H32FN7O3S. The zero-order chi connectivity index (χ0) is 25.4. The van der Waals surface area contributed by atoms with Crippen LogP contribution in [0.25, 0.3) is 11.2 Å². The van der Waals surface area contributed by atoms with Gasteiger partial charge in [0.15, 0.2) is 22.1 Å². The maximum Gasteiger partial charge on any atom is 0.191 e. The van der Waals surface area contributed by atoms with E-state index >= 15 is 0 Å². The number of nitrogens with two attached hydrogens (primary N) is 1. The molecule has 194 valence electrons. The number of rotatable bonds is 10. The first kappa shape index (κ1) is 25.3. The summed E-state index contributed by atoms with van der Waals surface area (Å²) in [5, 5.41) is 33.9. The summed E-state index contributed by atoms with van der Waals surface area (Å²) in [4.78, 5) is 9.41. The molecule has 0 spiro atoms. The number of anilines is 1. The zero-order valence-corrected chi connectivity index (χ0v) is 21.2. The molecule has 3 aromatic rings. The molecule has 12 heteroatoms. The van der Waals surface area contributed by atoms with Crippen LogP contribution in [0.4, 0.5) is 10.2 Å². The summed E-state index contributed by atoms with van der Waals surface area (Å²) in [6, 6.07) is 4.91. The standard InChI is InChI=1S/C24H32FN7O3S/c1-3-8-36-24-28-22(27-16-10-14(16)13-5-4-12(2)15(25)9-13)19-23(29-24)32(31-30-19)17-11-18(35-7-6-26)21(34)20(17)33/h4-5,9,14,16-18,20-21,33-34H,3,6-8,10-11,26H2,1-2H3,(H,27,28,29)/t14-,16+,17+,18-,20-,21+/m0/s1. The molecule has 2 saturated carbocycles. The molecule has 6 atom stereocenters. The van der Waals surface area contributed by atoms with Gasteiger partial charge in [0.25, 0.3) is 0 Å². The van der Waals surface area contributed by atoms with Crippen molar-refractivity contribution in [3.8, 4) is 0 Å². The third-order valence-corrected chi connectivity index (χ3v) is 7.89. The van der Waals surface area contributed by atoms with E-state index in [0.29, 0.717) is 47.3 Å². The summed E-state index contributed by atoms with van der Waals surface area (Å²) in [6.45, 7) is 4.46. The van der Waals surface area contributed by atoms with Gasteiger partial charge >= 0.3 is 0 Å².